The first kappa shape index (κ1) is 11.4. The summed E-state index contributed by atoms with van der Waals surface area (Å²) in [6.45, 7) is 0. The van der Waals surface area contributed by atoms with Crippen LogP contribution in [0.5, 0.6) is 0 Å². The van der Waals surface area contributed by atoms with E-state index in [4.69, 9.17) is 6.42 Å². The smallest absolute Gasteiger partial charge is 0.138 e. The Labute approximate surface area is 87.1 Å². The predicted octanol–water partition coefficient (Wildman–Crippen LogP) is 2.49. The summed E-state index contributed by atoms with van der Waals surface area (Å²) in [5.41, 5.74) is -0.181. The minimum Gasteiger partial charge on any atom is -0.299 e. The minimum absolute atomic E-state index is 0.157. The number of terminal acetylenes is 1. The molecule has 0 saturated heterocycles. The second kappa shape index (κ2) is 5.26. The number of carbonyl (C=O) groups is 1. The molecule has 0 spiro atoms. The maximum absolute atomic E-state index is 13.1. The Morgan fingerprint density at radius 3 is 2.47 bits per heavy atom. The number of Topliss-reactive ketones (excluding diaryl/α,β-unsaturated/α-hetero) is 1. The molecule has 0 aliphatic heterocycles. The quantitative estimate of drug-likeness (QED) is 0.695. The van der Waals surface area contributed by atoms with Gasteiger partial charge in [0.15, 0.2) is 0 Å². The minimum atomic E-state index is -0.691. The molecule has 1 aromatic carbocycles. The van der Waals surface area contributed by atoms with Crippen molar-refractivity contribution in [3.05, 3.63) is 35.4 Å². The SMILES string of the molecule is C#CCCC(=O)Cc1c(F)cccc1F. The average molecular weight is 208 g/mol. The molecule has 0 amide bonds. The number of carbonyl (C=O) groups excluding carboxylic acids is 1. The first-order chi connectivity index (χ1) is 7.15. The fraction of sp³-hybridized carbons (Fsp3) is 0.250. The zero-order valence-electron chi connectivity index (χ0n) is 8.09. The summed E-state index contributed by atoms with van der Waals surface area (Å²) in [4.78, 5) is 11.2. The number of benzene rings is 1. The Kier molecular flexibility index (Phi) is 3.99. The van der Waals surface area contributed by atoms with Crippen molar-refractivity contribution >= 4 is 5.78 Å². The summed E-state index contributed by atoms with van der Waals surface area (Å²) in [6.07, 6.45) is 5.20. The zero-order valence-corrected chi connectivity index (χ0v) is 8.09. The molecule has 0 N–H and O–H groups in total. The van der Waals surface area contributed by atoms with Crippen LogP contribution in [-0.4, -0.2) is 5.78 Å². The number of halogens is 2. The van der Waals surface area contributed by atoms with E-state index in [1.54, 1.807) is 0 Å². The number of hydrogen-bond donors (Lipinski definition) is 0. The average Bonchev–Trinajstić information content (AvgIpc) is 2.21. The molecule has 1 nitrogen and oxygen atoms in total. The highest BCUT2D eigenvalue weighted by molar-refractivity contribution is 5.81. The fourth-order valence-corrected chi connectivity index (χ4v) is 1.20. The van der Waals surface area contributed by atoms with Crippen LogP contribution in [0.15, 0.2) is 18.2 Å². The molecule has 1 rings (SSSR count). The van der Waals surface area contributed by atoms with Gasteiger partial charge in [-0.15, -0.1) is 12.3 Å². The van der Waals surface area contributed by atoms with E-state index in [1.807, 2.05) is 0 Å². The molecule has 3 heteroatoms. The largest absolute Gasteiger partial charge is 0.299 e. The van der Waals surface area contributed by atoms with Gasteiger partial charge in [0.2, 0.25) is 0 Å². The van der Waals surface area contributed by atoms with Gasteiger partial charge in [-0.25, -0.2) is 8.78 Å². The van der Waals surface area contributed by atoms with Gasteiger partial charge < -0.3 is 0 Å². The molecule has 0 aliphatic carbocycles. The lowest BCUT2D eigenvalue weighted by atomic mass is 10.0. The molecular weight excluding hydrogens is 198 g/mol. The highest BCUT2D eigenvalue weighted by atomic mass is 19.1. The Hall–Kier alpha value is -1.69. The Balaban J connectivity index is 2.73. The van der Waals surface area contributed by atoms with Crippen LogP contribution in [0.25, 0.3) is 0 Å². The second-order valence-electron chi connectivity index (χ2n) is 3.12. The van der Waals surface area contributed by atoms with Crippen molar-refractivity contribution in [3.8, 4) is 12.3 Å². The molecule has 15 heavy (non-hydrogen) atoms. The Morgan fingerprint density at radius 1 is 1.33 bits per heavy atom. The molecule has 0 saturated carbocycles. The topological polar surface area (TPSA) is 17.1 Å². The van der Waals surface area contributed by atoms with Crippen LogP contribution in [0, 0.1) is 24.0 Å². The standard InChI is InChI=1S/C12H10F2O/c1-2-3-5-9(15)8-10-11(13)6-4-7-12(10)14/h1,4,6-7H,3,5,8H2. The molecule has 0 atom stereocenters. The summed E-state index contributed by atoms with van der Waals surface area (Å²) in [5.74, 6) is 0.671. The van der Waals surface area contributed by atoms with E-state index < -0.39 is 11.6 Å². The van der Waals surface area contributed by atoms with E-state index in [0.717, 1.165) is 12.1 Å². The molecule has 0 aliphatic rings. The van der Waals surface area contributed by atoms with Crippen LogP contribution in [-0.2, 0) is 11.2 Å². The first-order valence-corrected chi connectivity index (χ1v) is 4.53. The zero-order chi connectivity index (χ0) is 11.3. The molecule has 0 fully saturated rings. The van der Waals surface area contributed by atoms with Crippen molar-refractivity contribution in [2.75, 3.05) is 0 Å². The third kappa shape index (κ3) is 3.17. The summed E-state index contributed by atoms with van der Waals surface area (Å²) in [7, 11) is 0. The highest BCUT2D eigenvalue weighted by Crippen LogP contribution is 2.13. The van der Waals surface area contributed by atoms with Crippen LogP contribution in [0.3, 0.4) is 0 Å². The summed E-state index contributed by atoms with van der Waals surface area (Å²) in [6, 6.07) is 3.53. The lowest BCUT2D eigenvalue weighted by molar-refractivity contribution is -0.118. The lowest BCUT2D eigenvalue weighted by Crippen LogP contribution is -2.06. The van der Waals surface area contributed by atoms with Gasteiger partial charge in [-0.3, -0.25) is 4.79 Å². The van der Waals surface area contributed by atoms with Gasteiger partial charge >= 0.3 is 0 Å². The van der Waals surface area contributed by atoms with E-state index >= 15 is 0 Å². The third-order valence-corrected chi connectivity index (χ3v) is 1.98. The molecule has 0 radical (unpaired) electrons. The van der Waals surface area contributed by atoms with Crippen molar-refractivity contribution in [2.24, 2.45) is 0 Å². The molecular formula is C12H10F2O. The van der Waals surface area contributed by atoms with Crippen molar-refractivity contribution in [1.82, 2.24) is 0 Å². The Bertz CT molecular complexity index is 384. The van der Waals surface area contributed by atoms with E-state index in [0.29, 0.717) is 6.42 Å². The van der Waals surface area contributed by atoms with Crippen LogP contribution >= 0.6 is 0 Å². The molecule has 78 valence electrons. The van der Waals surface area contributed by atoms with Crippen LogP contribution < -0.4 is 0 Å². The molecule has 0 bridgehead atoms. The lowest BCUT2D eigenvalue weighted by Gasteiger charge is -2.02. The maximum Gasteiger partial charge on any atom is 0.138 e. The Morgan fingerprint density at radius 2 is 1.93 bits per heavy atom. The summed E-state index contributed by atoms with van der Waals surface area (Å²) in [5, 5.41) is 0. The van der Waals surface area contributed by atoms with Gasteiger partial charge in [0.1, 0.15) is 17.4 Å². The predicted molar refractivity (Wildman–Crippen MR) is 53.1 cm³/mol. The van der Waals surface area contributed by atoms with Gasteiger partial charge in [0, 0.05) is 24.8 Å². The normalized spacial score (nSPS) is 9.67. The number of hydrogen-bond acceptors (Lipinski definition) is 1. The van der Waals surface area contributed by atoms with Crippen molar-refractivity contribution in [2.45, 2.75) is 19.3 Å². The summed E-state index contributed by atoms with van der Waals surface area (Å²) < 4.78 is 26.2. The number of rotatable bonds is 4. The van der Waals surface area contributed by atoms with Gasteiger partial charge in [-0.2, -0.15) is 0 Å². The van der Waals surface area contributed by atoms with Gasteiger partial charge in [0.05, 0.1) is 0 Å². The third-order valence-electron chi connectivity index (χ3n) is 1.98. The van der Waals surface area contributed by atoms with E-state index in [2.05, 4.69) is 5.92 Å². The first-order valence-electron chi connectivity index (χ1n) is 4.53. The van der Waals surface area contributed by atoms with Gasteiger partial charge in [0.25, 0.3) is 0 Å². The monoisotopic (exact) mass is 208 g/mol. The van der Waals surface area contributed by atoms with E-state index in [-0.39, 0.29) is 24.2 Å². The molecule has 0 aromatic heterocycles. The maximum atomic E-state index is 13.1. The fourth-order valence-electron chi connectivity index (χ4n) is 1.20. The van der Waals surface area contributed by atoms with Crippen molar-refractivity contribution in [3.63, 3.8) is 0 Å². The molecule has 0 unspecified atom stereocenters. The van der Waals surface area contributed by atoms with Crippen molar-refractivity contribution < 1.29 is 13.6 Å². The van der Waals surface area contributed by atoms with Crippen LogP contribution in [0.1, 0.15) is 18.4 Å². The number of ketones is 1. The van der Waals surface area contributed by atoms with Gasteiger partial charge in [-0.1, -0.05) is 6.07 Å². The van der Waals surface area contributed by atoms with Crippen LogP contribution in [0.4, 0.5) is 8.78 Å². The summed E-state index contributed by atoms with van der Waals surface area (Å²) >= 11 is 0. The second-order valence-corrected chi connectivity index (χ2v) is 3.12. The van der Waals surface area contributed by atoms with Crippen LogP contribution in [0.2, 0.25) is 0 Å². The van der Waals surface area contributed by atoms with Crippen molar-refractivity contribution in [1.29, 1.82) is 0 Å². The van der Waals surface area contributed by atoms with Gasteiger partial charge in [-0.05, 0) is 12.1 Å². The van der Waals surface area contributed by atoms with E-state index in [9.17, 15) is 13.6 Å². The van der Waals surface area contributed by atoms with E-state index in [1.165, 1.54) is 6.07 Å². The molecule has 1 aromatic rings. The highest BCUT2D eigenvalue weighted by Gasteiger charge is 2.12. The molecule has 0 heterocycles.